The van der Waals surface area contributed by atoms with E-state index in [4.69, 9.17) is 4.74 Å². The van der Waals surface area contributed by atoms with Gasteiger partial charge in [-0.15, -0.1) is 0 Å². The van der Waals surface area contributed by atoms with Crippen molar-refractivity contribution in [3.8, 4) is 0 Å². The van der Waals surface area contributed by atoms with Gasteiger partial charge in [-0.2, -0.15) is 0 Å². The van der Waals surface area contributed by atoms with Gasteiger partial charge in [0.05, 0.1) is 6.61 Å². The number of nitrogens with zero attached hydrogens (tertiary/aromatic N) is 1. The van der Waals surface area contributed by atoms with Crippen LogP contribution in [0.4, 0.5) is 4.79 Å². The minimum absolute atomic E-state index is 0.0180. The molecule has 3 N–H and O–H groups in total. The standard InChI is InChI=1S/C29H42N4O5/c1-6-9-20(7-2)17-24(26(34)28(36)31-23-12-13-23)32-27(35)25(16-19(4)5)33-29(37)38-15-14-22-11-10-21(8-3)18-30-22/h6-7,9-11,18-19,23-25H,8,12-17H2,1-5H3,(H,31,36)(H,32,35)(H,33,37)/b9-6-,20-7+/t24-,25-/m0/s1. The molecule has 1 aliphatic carbocycles. The molecule has 0 spiro atoms. The first-order chi connectivity index (χ1) is 18.2. The molecule has 1 aromatic rings. The molecule has 38 heavy (non-hydrogen) atoms. The highest BCUT2D eigenvalue weighted by Gasteiger charge is 2.33. The van der Waals surface area contributed by atoms with Crippen LogP contribution in [0.3, 0.4) is 0 Å². The van der Waals surface area contributed by atoms with Gasteiger partial charge >= 0.3 is 6.09 Å². The van der Waals surface area contributed by atoms with Crippen molar-refractivity contribution in [1.29, 1.82) is 0 Å². The summed E-state index contributed by atoms with van der Waals surface area (Å²) in [5.41, 5.74) is 2.74. The minimum Gasteiger partial charge on any atom is -0.449 e. The minimum atomic E-state index is -1.06. The van der Waals surface area contributed by atoms with Crippen molar-refractivity contribution in [2.24, 2.45) is 5.92 Å². The molecule has 0 bridgehead atoms. The van der Waals surface area contributed by atoms with Crippen molar-refractivity contribution < 1.29 is 23.9 Å². The van der Waals surface area contributed by atoms with Crippen molar-refractivity contribution in [1.82, 2.24) is 20.9 Å². The summed E-state index contributed by atoms with van der Waals surface area (Å²) in [6.45, 7) is 9.69. The summed E-state index contributed by atoms with van der Waals surface area (Å²) < 4.78 is 5.30. The van der Waals surface area contributed by atoms with Crippen LogP contribution in [-0.4, -0.2) is 53.4 Å². The van der Waals surface area contributed by atoms with Crippen LogP contribution in [0.2, 0.25) is 0 Å². The first-order valence-corrected chi connectivity index (χ1v) is 13.5. The van der Waals surface area contributed by atoms with E-state index in [1.54, 1.807) is 6.20 Å². The molecule has 0 aliphatic heterocycles. The zero-order valence-electron chi connectivity index (χ0n) is 23.2. The number of ketones is 1. The molecule has 1 aliphatic rings. The number of carbonyl (C=O) groups is 4. The Morgan fingerprint density at radius 1 is 1.11 bits per heavy atom. The van der Waals surface area contributed by atoms with Gasteiger partial charge < -0.3 is 20.7 Å². The highest BCUT2D eigenvalue weighted by molar-refractivity contribution is 6.38. The number of hydrogen-bond acceptors (Lipinski definition) is 6. The predicted octanol–water partition coefficient (Wildman–Crippen LogP) is 3.57. The summed E-state index contributed by atoms with van der Waals surface area (Å²) in [5.74, 6) is -1.88. The number of pyridine rings is 1. The maximum absolute atomic E-state index is 13.3. The number of rotatable bonds is 15. The van der Waals surface area contributed by atoms with Crippen molar-refractivity contribution in [2.45, 2.75) is 91.3 Å². The van der Waals surface area contributed by atoms with Gasteiger partial charge in [-0.05, 0) is 63.5 Å². The van der Waals surface area contributed by atoms with E-state index in [9.17, 15) is 19.2 Å². The number of ether oxygens (including phenoxy) is 1. The van der Waals surface area contributed by atoms with E-state index in [-0.39, 0.29) is 25.0 Å². The van der Waals surface area contributed by atoms with Gasteiger partial charge in [0.15, 0.2) is 0 Å². The predicted molar refractivity (Wildman–Crippen MR) is 146 cm³/mol. The molecular weight excluding hydrogens is 484 g/mol. The summed E-state index contributed by atoms with van der Waals surface area (Å²) in [6, 6.07) is 1.92. The smallest absolute Gasteiger partial charge is 0.407 e. The maximum atomic E-state index is 13.3. The molecule has 9 heteroatoms. The van der Waals surface area contributed by atoms with E-state index in [0.29, 0.717) is 12.8 Å². The molecule has 1 heterocycles. The molecule has 1 fully saturated rings. The molecule has 3 amide bonds. The Bertz CT molecular complexity index is 1010. The van der Waals surface area contributed by atoms with Crippen LogP contribution < -0.4 is 16.0 Å². The molecule has 2 atom stereocenters. The third-order valence-electron chi connectivity index (χ3n) is 6.16. The Labute approximate surface area is 225 Å². The van der Waals surface area contributed by atoms with Crippen molar-refractivity contribution in [2.75, 3.05) is 6.61 Å². The lowest BCUT2D eigenvalue weighted by molar-refractivity contribution is -0.140. The van der Waals surface area contributed by atoms with Crippen molar-refractivity contribution in [3.05, 3.63) is 53.4 Å². The number of hydrogen-bond donors (Lipinski definition) is 3. The fraction of sp³-hybridized carbons (Fsp3) is 0.552. The van der Waals surface area contributed by atoms with E-state index in [1.165, 1.54) is 0 Å². The van der Waals surface area contributed by atoms with E-state index in [2.05, 4.69) is 27.9 Å². The normalized spacial score (nSPS) is 15.2. The third kappa shape index (κ3) is 10.9. The number of amides is 3. The summed E-state index contributed by atoms with van der Waals surface area (Å²) in [4.78, 5) is 55.6. The lowest BCUT2D eigenvalue weighted by Crippen LogP contribution is -2.54. The number of alkyl carbamates (subject to hydrolysis) is 1. The van der Waals surface area contributed by atoms with E-state index in [1.807, 2.05) is 58.1 Å². The maximum Gasteiger partial charge on any atom is 0.407 e. The van der Waals surface area contributed by atoms with Gasteiger partial charge in [0, 0.05) is 24.4 Å². The average molecular weight is 527 g/mol. The topological polar surface area (TPSA) is 126 Å². The Morgan fingerprint density at radius 3 is 2.39 bits per heavy atom. The van der Waals surface area contributed by atoms with Crippen LogP contribution in [0, 0.1) is 5.92 Å². The highest BCUT2D eigenvalue weighted by Crippen LogP contribution is 2.19. The first kappa shape index (κ1) is 30.7. The first-order valence-electron chi connectivity index (χ1n) is 13.5. The van der Waals surface area contributed by atoms with Crippen LogP contribution in [0.15, 0.2) is 42.1 Å². The fourth-order valence-electron chi connectivity index (χ4n) is 3.80. The molecule has 0 radical (unpaired) electrons. The van der Waals surface area contributed by atoms with Gasteiger partial charge in [0.25, 0.3) is 5.91 Å². The van der Waals surface area contributed by atoms with Gasteiger partial charge in [-0.1, -0.05) is 50.6 Å². The molecule has 0 unspecified atom stereocenters. The molecule has 0 saturated heterocycles. The van der Waals surface area contributed by atoms with E-state index >= 15 is 0 Å². The summed E-state index contributed by atoms with van der Waals surface area (Å²) in [6.07, 6.45) is 10.1. The largest absolute Gasteiger partial charge is 0.449 e. The Morgan fingerprint density at radius 2 is 1.84 bits per heavy atom. The van der Waals surface area contributed by atoms with Crippen LogP contribution in [0.5, 0.6) is 0 Å². The van der Waals surface area contributed by atoms with Gasteiger partial charge in [-0.3, -0.25) is 19.4 Å². The van der Waals surface area contributed by atoms with Crippen LogP contribution in [-0.2, 0) is 32.0 Å². The van der Waals surface area contributed by atoms with E-state index in [0.717, 1.165) is 36.1 Å². The fourth-order valence-corrected chi connectivity index (χ4v) is 3.80. The summed E-state index contributed by atoms with van der Waals surface area (Å²) in [7, 11) is 0. The van der Waals surface area contributed by atoms with Crippen LogP contribution in [0.25, 0.3) is 0 Å². The number of aromatic nitrogens is 1. The van der Waals surface area contributed by atoms with Gasteiger partial charge in [-0.25, -0.2) is 4.79 Å². The quantitative estimate of drug-likeness (QED) is 0.237. The second-order valence-corrected chi connectivity index (χ2v) is 9.96. The highest BCUT2D eigenvalue weighted by atomic mass is 16.5. The number of allylic oxidation sites excluding steroid dienone is 3. The Balaban J connectivity index is 2.03. The lowest BCUT2D eigenvalue weighted by Gasteiger charge is -2.24. The molecular formula is C29H42N4O5. The molecule has 0 aromatic carbocycles. The van der Waals surface area contributed by atoms with Crippen molar-refractivity contribution >= 4 is 23.7 Å². The summed E-state index contributed by atoms with van der Waals surface area (Å²) in [5, 5.41) is 8.04. The SMILES string of the molecule is C/C=C\C(=C/C)C[C@H](NC(=O)[C@H](CC(C)C)NC(=O)OCCc1ccc(CC)cn1)C(=O)C(=O)NC1CC1. The van der Waals surface area contributed by atoms with Crippen LogP contribution in [0.1, 0.15) is 71.6 Å². The molecule has 1 aromatic heterocycles. The Hall–Kier alpha value is -3.49. The molecule has 208 valence electrons. The number of aryl methyl sites for hydroxylation is 1. The monoisotopic (exact) mass is 526 g/mol. The second kappa shape index (κ2) is 15.7. The molecule has 2 rings (SSSR count). The molecule has 9 nitrogen and oxygen atoms in total. The average Bonchev–Trinajstić information content (AvgIpc) is 3.71. The summed E-state index contributed by atoms with van der Waals surface area (Å²) >= 11 is 0. The van der Waals surface area contributed by atoms with Crippen molar-refractivity contribution in [3.63, 3.8) is 0 Å². The van der Waals surface area contributed by atoms with Gasteiger partial charge in [0.1, 0.15) is 12.1 Å². The Kier molecular flexibility index (Phi) is 12.7. The van der Waals surface area contributed by atoms with E-state index < -0.39 is 35.8 Å². The third-order valence-corrected chi connectivity index (χ3v) is 6.16. The molecule has 1 saturated carbocycles. The van der Waals surface area contributed by atoms with Gasteiger partial charge in [0.2, 0.25) is 11.7 Å². The number of Topliss-reactive ketones (excluding diaryl/α,β-unsaturated/α-hetero) is 1. The second-order valence-electron chi connectivity index (χ2n) is 9.96. The number of carbonyl (C=O) groups excluding carboxylic acids is 4. The zero-order chi connectivity index (χ0) is 28.1. The lowest BCUT2D eigenvalue weighted by atomic mass is 9.99. The zero-order valence-corrected chi connectivity index (χ0v) is 23.2. The number of nitrogens with one attached hydrogen (secondary N) is 3. The van der Waals surface area contributed by atoms with Crippen LogP contribution >= 0.6 is 0 Å².